The van der Waals surface area contributed by atoms with Crippen LogP contribution in [0.5, 0.6) is 0 Å². The molecule has 4 nitrogen and oxygen atoms in total. The Morgan fingerprint density at radius 3 is 3.00 bits per heavy atom. The molecule has 0 aromatic carbocycles. The lowest BCUT2D eigenvalue weighted by atomic mass is 10.2. The molecule has 1 heterocycles. The molecule has 0 bridgehead atoms. The SMILES string of the molecule is COC(=O)c1ccc(C=CCC#N)cn1. The third-order valence-electron chi connectivity index (χ3n) is 1.70. The van der Waals surface area contributed by atoms with Gasteiger partial charge in [0, 0.05) is 6.20 Å². The van der Waals surface area contributed by atoms with Crippen molar-refractivity contribution in [2.24, 2.45) is 0 Å². The number of carbonyl (C=O) groups is 1. The van der Waals surface area contributed by atoms with E-state index in [0.717, 1.165) is 5.56 Å². The number of rotatable bonds is 3. The lowest BCUT2D eigenvalue weighted by molar-refractivity contribution is 0.0594. The number of pyridine rings is 1. The summed E-state index contributed by atoms with van der Waals surface area (Å²) in [6, 6.07) is 5.32. The van der Waals surface area contributed by atoms with E-state index in [2.05, 4.69) is 9.72 Å². The zero-order valence-electron chi connectivity index (χ0n) is 8.30. The van der Waals surface area contributed by atoms with Crippen LogP contribution in [0.25, 0.3) is 6.08 Å². The second-order valence-electron chi connectivity index (χ2n) is 2.73. The number of nitrogens with zero attached hydrogens (tertiary/aromatic N) is 2. The van der Waals surface area contributed by atoms with Crippen molar-refractivity contribution >= 4 is 12.0 Å². The van der Waals surface area contributed by atoms with Crippen LogP contribution in [0.4, 0.5) is 0 Å². The largest absolute Gasteiger partial charge is 0.464 e. The summed E-state index contributed by atoms with van der Waals surface area (Å²) in [5, 5.41) is 8.32. The van der Waals surface area contributed by atoms with Gasteiger partial charge in [-0.1, -0.05) is 18.2 Å². The molecular weight excluding hydrogens is 192 g/mol. The van der Waals surface area contributed by atoms with E-state index < -0.39 is 5.97 Å². The highest BCUT2D eigenvalue weighted by Gasteiger charge is 2.04. The second-order valence-corrected chi connectivity index (χ2v) is 2.73. The van der Waals surface area contributed by atoms with Crippen LogP contribution >= 0.6 is 0 Å². The first-order valence-electron chi connectivity index (χ1n) is 4.36. The maximum atomic E-state index is 11.0. The Bertz CT molecular complexity index is 402. The first-order valence-corrected chi connectivity index (χ1v) is 4.36. The van der Waals surface area contributed by atoms with Crippen LogP contribution in [-0.4, -0.2) is 18.1 Å². The lowest BCUT2D eigenvalue weighted by Crippen LogP contribution is -2.03. The molecule has 0 aliphatic heterocycles. The van der Waals surface area contributed by atoms with Crippen molar-refractivity contribution in [1.82, 2.24) is 4.98 Å². The van der Waals surface area contributed by atoms with Gasteiger partial charge >= 0.3 is 5.97 Å². The molecule has 15 heavy (non-hydrogen) atoms. The van der Waals surface area contributed by atoms with Gasteiger partial charge in [-0.3, -0.25) is 0 Å². The average molecular weight is 202 g/mol. The Balaban J connectivity index is 2.73. The minimum absolute atomic E-state index is 0.273. The van der Waals surface area contributed by atoms with Gasteiger partial charge in [0.15, 0.2) is 0 Å². The summed E-state index contributed by atoms with van der Waals surface area (Å²) < 4.78 is 4.51. The van der Waals surface area contributed by atoms with Crippen LogP contribution in [0.1, 0.15) is 22.5 Å². The molecule has 0 unspecified atom stereocenters. The van der Waals surface area contributed by atoms with Gasteiger partial charge < -0.3 is 4.74 Å². The monoisotopic (exact) mass is 202 g/mol. The van der Waals surface area contributed by atoms with E-state index in [-0.39, 0.29) is 5.69 Å². The van der Waals surface area contributed by atoms with Crippen molar-refractivity contribution in [2.45, 2.75) is 6.42 Å². The van der Waals surface area contributed by atoms with Crippen LogP contribution < -0.4 is 0 Å². The first-order chi connectivity index (χ1) is 7.27. The molecule has 0 aliphatic rings. The third kappa shape index (κ3) is 3.24. The summed E-state index contributed by atoms with van der Waals surface area (Å²) in [6.45, 7) is 0. The number of esters is 1. The van der Waals surface area contributed by atoms with E-state index in [4.69, 9.17) is 5.26 Å². The van der Waals surface area contributed by atoms with E-state index in [1.165, 1.54) is 7.11 Å². The van der Waals surface area contributed by atoms with Crippen molar-refractivity contribution in [2.75, 3.05) is 7.11 Å². The van der Waals surface area contributed by atoms with Gasteiger partial charge in [-0.05, 0) is 11.6 Å². The zero-order chi connectivity index (χ0) is 11.1. The van der Waals surface area contributed by atoms with Crippen LogP contribution in [0.15, 0.2) is 24.4 Å². The Morgan fingerprint density at radius 1 is 1.67 bits per heavy atom. The normalized spacial score (nSPS) is 9.87. The number of methoxy groups -OCH3 is 1. The van der Waals surface area contributed by atoms with E-state index in [0.29, 0.717) is 6.42 Å². The zero-order valence-corrected chi connectivity index (χ0v) is 8.30. The predicted octanol–water partition coefficient (Wildman–Crippen LogP) is 1.80. The van der Waals surface area contributed by atoms with Crippen molar-refractivity contribution in [3.05, 3.63) is 35.7 Å². The minimum atomic E-state index is -0.456. The summed E-state index contributed by atoms with van der Waals surface area (Å²) in [7, 11) is 1.31. The molecule has 0 fully saturated rings. The van der Waals surface area contributed by atoms with E-state index in [1.807, 2.05) is 6.07 Å². The maximum absolute atomic E-state index is 11.0. The molecule has 0 amide bonds. The molecule has 0 atom stereocenters. The van der Waals surface area contributed by atoms with Gasteiger partial charge in [-0.2, -0.15) is 5.26 Å². The summed E-state index contributed by atoms with van der Waals surface area (Å²) >= 11 is 0. The van der Waals surface area contributed by atoms with E-state index >= 15 is 0 Å². The third-order valence-corrected chi connectivity index (χ3v) is 1.70. The fourth-order valence-electron chi connectivity index (χ4n) is 0.977. The number of ether oxygens (including phenoxy) is 1. The van der Waals surface area contributed by atoms with Crippen LogP contribution in [0.2, 0.25) is 0 Å². The Kier molecular flexibility index (Phi) is 4.05. The number of nitriles is 1. The molecule has 0 saturated heterocycles. The number of carbonyl (C=O) groups excluding carboxylic acids is 1. The van der Waals surface area contributed by atoms with Crippen molar-refractivity contribution in [3.63, 3.8) is 0 Å². The quantitative estimate of drug-likeness (QED) is 0.701. The van der Waals surface area contributed by atoms with E-state index in [1.54, 1.807) is 30.5 Å². The molecule has 0 radical (unpaired) electrons. The number of hydrogen-bond donors (Lipinski definition) is 0. The summed E-state index contributed by atoms with van der Waals surface area (Å²) in [5.41, 5.74) is 1.12. The van der Waals surface area contributed by atoms with E-state index in [9.17, 15) is 4.79 Å². The highest BCUT2D eigenvalue weighted by Crippen LogP contribution is 2.04. The van der Waals surface area contributed by atoms with Crippen molar-refractivity contribution in [1.29, 1.82) is 5.26 Å². The summed E-state index contributed by atoms with van der Waals surface area (Å²) in [5.74, 6) is -0.456. The molecular formula is C11H10N2O2. The minimum Gasteiger partial charge on any atom is -0.464 e. The molecule has 0 saturated carbocycles. The van der Waals surface area contributed by atoms with Crippen LogP contribution in [-0.2, 0) is 4.74 Å². The number of aromatic nitrogens is 1. The van der Waals surface area contributed by atoms with Gasteiger partial charge in [0.1, 0.15) is 5.69 Å². The van der Waals surface area contributed by atoms with Gasteiger partial charge in [-0.15, -0.1) is 0 Å². The van der Waals surface area contributed by atoms with Crippen LogP contribution in [0.3, 0.4) is 0 Å². The molecule has 0 spiro atoms. The van der Waals surface area contributed by atoms with Gasteiger partial charge in [-0.25, -0.2) is 9.78 Å². The summed E-state index contributed by atoms with van der Waals surface area (Å²) in [6.07, 6.45) is 5.42. The van der Waals surface area contributed by atoms with Gasteiger partial charge in [0.2, 0.25) is 0 Å². The van der Waals surface area contributed by atoms with Crippen LogP contribution in [0, 0.1) is 11.3 Å². The highest BCUT2D eigenvalue weighted by atomic mass is 16.5. The van der Waals surface area contributed by atoms with Gasteiger partial charge in [0.25, 0.3) is 0 Å². The molecule has 0 aliphatic carbocycles. The Hall–Kier alpha value is -2.15. The van der Waals surface area contributed by atoms with Crippen molar-refractivity contribution in [3.8, 4) is 6.07 Å². The fraction of sp³-hybridized carbons (Fsp3) is 0.182. The molecule has 1 aromatic heterocycles. The molecule has 1 rings (SSSR count). The maximum Gasteiger partial charge on any atom is 0.356 e. The van der Waals surface area contributed by atoms with Crippen molar-refractivity contribution < 1.29 is 9.53 Å². The second kappa shape index (κ2) is 5.55. The molecule has 0 N–H and O–H groups in total. The Morgan fingerprint density at radius 2 is 2.47 bits per heavy atom. The first kappa shape index (κ1) is 10.9. The predicted molar refractivity (Wildman–Crippen MR) is 54.8 cm³/mol. The number of hydrogen-bond acceptors (Lipinski definition) is 4. The van der Waals surface area contributed by atoms with Gasteiger partial charge in [0.05, 0.1) is 19.6 Å². The molecule has 1 aromatic rings. The summed E-state index contributed by atoms with van der Waals surface area (Å²) in [4.78, 5) is 15.0. The topological polar surface area (TPSA) is 63.0 Å². The molecule has 4 heteroatoms. The molecule has 76 valence electrons. The average Bonchev–Trinajstić information content (AvgIpc) is 2.29. The number of allylic oxidation sites excluding steroid dienone is 1. The fourth-order valence-corrected chi connectivity index (χ4v) is 0.977. The highest BCUT2D eigenvalue weighted by molar-refractivity contribution is 5.87. The lowest BCUT2D eigenvalue weighted by Gasteiger charge is -1.97. The Labute approximate surface area is 87.8 Å². The smallest absolute Gasteiger partial charge is 0.356 e. The standard InChI is InChI=1S/C11H10N2O2/c1-15-11(14)10-6-5-9(8-13-10)4-2-3-7-12/h2,4-6,8H,3H2,1H3.